The molecule has 0 unspecified atom stereocenters. The smallest absolute Gasteiger partial charge is 0.159 e. The maximum atomic E-state index is 11.3. The zero-order valence-corrected chi connectivity index (χ0v) is 11.3. The van der Waals surface area contributed by atoms with Crippen LogP contribution in [0.25, 0.3) is 0 Å². The number of thioether (sulfide) groups is 1. The van der Waals surface area contributed by atoms with E-state index in [4.69, 9.17) is 0 Å². The Bertz CT molecular complexity index is 566. The fourth-order valence-corrected chi connectivity index (χ4v) is 2.62. The molecule has 0 atom stereocenters. The van der Waals surface area contributed by atoms with Crippen LogP contribution in [0.2, 0.25) is 0 Å². The second kappa shape index (κ2) is 5.83. The van der Waals surface area contributed by atoms with Gasteiger partial charge in [0, 0.05) is 22.4 Å². The Morgan fingerprint density at radius 2 is 2.11 bits per heavy atom. The molecule has 0 fully saturated rings. The summed E-state index contributed by atoms with van der Waals surface area (Å²) in [5.74, 6) is 0.931. The van der Waals surface area contributed by atoms with Crippen molar-refractivity contribution in [2.75, 3.05) is 0 Å². The number of hydrogen-bond donors (Lipinski definition) is 0. The highest BCUT2D eigenvalue weighted by Gasteiger charge is 2.03. The first kappa shape index (κ1) is 12.8. The van der Waals surface area contributed by atoms with E-state index in [0.29, 0.717) is 0 Å². The highest BCUT2D eigenvalue weighted by molar-refractivity contribution is 7.98. The van der Waals surface area contributed by atoms with Crippen LogP contribution in [0.15, 0.2) is 47.5 Å². The second-order valence-electron chi connectivity index (χ2n) is 4.14. The van der Waals surface area contributed by atoms with Gasteiger partial charge in [0.1, 0.15) is 0 Å². The van der Waals surface area contributed by atoms with Gasteiger partial charge in [-0.1, -0.05) is 18.2 Å². The molecule has 0 saturated heterocycles. The van der Waals surface area contributed by atoms with Crippen LogP contribution in [0.1, 0.15) is 28.5 Å². The third-order valence-electron chi connectivity index (χ3n) is 2.73. The summed E-state index contributed by atoms with van der Waals surface area (Å²) in [6.07, 6.45) is 1.81. The van der Waals surface area contributed by atoms with Crippen molar-refractivity contribution in [3.8, 4) is 0 Å². The zero-order valence-electron chi connectivity index (χ0n) is 10.5. The summed E-state index contributed by atoms with van der Waals surface area (Å²) in [5.41, 5.74) is 3.06. The lowest BCUT2D eigenvalue weighted by Gasteiger charge is -2.05. The fraction of sp³-hybridized carbons (Fsp3) is 0.200. The minimum Gasteiger partial charge on any atom is -0.295 e. The number of carbonyl (C=O) groups excluding carboxylic acids is 1. The van der Waals surface area contributed by atoms with Crippen LogP contribution >= 0.6 is 11.8 Å². The summed E-state index contributed by atoms with van der Waals surface area (Å²) in [6, 6.07) is 11.7. The quantitative estimate of drug-likeness (QED) is 0.615. The van der Waals surface area contributed by atoms with Crippen molar-refractivity contribution in [2.24, 2.45) is 0 Å². The largest absolute Gasteiger partial charge is 0.295 e. The summed E-state index contributed by atoms with van der Waals surface area (Å²) in [6.45, 7) is 3.65. The number of ketones is 1. The number of benzene rings is 1. The topological polar surface area (TPSA) is 30.0 Å². The van der Waals surface area contributed by atoms with Crippen molar-refractivity contribution in [2.45, 2.75) is 24.5 Å². The van der Waals surface area contributed by atoms with Gasteiger partial charge >= 0.3 is 0 Å². The first-order chi connectivity index (χ1) is 8.66. The molecule has 0 bridgehead atoms. The first-order valence-corrected chi connectivity index (χ1v) is 6.79. The number of aryl methyl sites for hydroxylation is 1. The van der Waals surface area contributed by atoms with E-state index in [0.717, 1.165) is 21.9 Å². The Kier molecular flexibility index (Phi) is 4.15. The van der Waals surface area contributed by atoms with E-state index in [-0.39, 0.29) is 5.78 Å². The maximum absolute atomic E-state index is 11.3. The molecule has 0 radical (unpaired) electrons. The van der Waals surface area contributed by atoms with Crippen LogP contribution in [0.5, 0.6) is 0 Å². The molecule has 1 heterocycles. The highest BCUT2D eigenvalue weighted by Crippen LogP contribution is 2.24. The molecule has 0 aliphatic carbocycles. The molecular weight excluding hydrogens is 242 g/mol. The Labute approximate surface area is 111 Å². The lowest BCUT2D eigenvalue weighted by molar-refractivity contribution is 0.101. The number of Topliss-reactive ketones (excluding diaryl/α,β-unsaturated/α-hetero) is 1. The summed E-state index contributed by atoms with van der Waals surface area (Å²) >= 11 is 1.70. The van der Waals surface area contributed by atoms with Crippen molar-refractivity contribution in [1.29, 1.82) is 0 Å². The summed E-state index contributed by atoms with van der Waals surface area (Å²) < 4.78 is 0. The zero-order chi connectivity index (χ0) is 13.0. The molecule has 92 valence electrons. The summed E-state index contributed by atoms with van der Waals surface area (Å²) in [4.78, 5) is 16.8. The Morgan fingerprint density at radius 3 is 2.83 bits per heavy atom. The van der Waals surface area contributed by atoms with E-state index < -0.39 is 0 Å². The van der Waals surface area contributed by atoms with Gasteiger partial charge < -0.3 is 0 Å². The van der Waals surface area contributed by atoms with Crippen molar-refractivity contribution >= 4 is 17.5 Å². The average molecular weight is 257 g/mol. The molecular formula is C15H15NOS. The monoisotopic (exact) mass is 257 g/mol. The van der Waals surface area contributed by atoms with Gasteiger partial charge in [0.25, 0.3) is 0 Å². The SMILES string of the molecule is CC(=O)c1cccc(SCc2ncccc2C)c1. The molecule has 0 spiro atoms. The average Bonchev–Trinajstić information content (AvgIpc) is 2.38. The van der Waals surface area contributed by atoms with E-state index in [9.17, 15) is 4.79 Å². The predicted molar refractivity (Wildman–Crippen MR) is 75.0 cm³/mol. The van der Waals surface area contributed by atoms with Crippen molar-refractivity contribution < 1.29 is 4.79 Å². The number of pyridine rings is 1. The Morgan fingerprint density at radius 1 is 1.28 bits per heavy atom. The summed E-state index contributed by atoms with van der Waals surface area (Å²) in [7, 11) is 0. The third kappa shape index (κ3) is 3.20. The van der Waals surface area contributed by atoms with Gasteiger partial charge in [0.15, 0.2) is 5.78 Å². The van der Waals surface area contributed by atoms with Gasteiger partial charge in [0.05, 0.1) is 5.69 Å². The fourth-order valence-electron chi connectivity index (χ4n) is 1.63. The molecule has 0 saturated carbocycles. The summed E-state index contributed by atoms with van der Waals surface area (Å²) in [5, 5.41) is 0. The van der Waals surface area contributed by atoms with Crippen LogP contribution in [0.4, 0.5) is 0 Å². The van der Waals surface area contributed by atoms with Gasteiger partial charge in [-0.05, 0) is 37.6 Å². The van der Waals surface area contributed by atoms with Crippen LogP contribution in [-0.2, 0) is 5.75 Å². The van der Waals surface area contributed by atoms with Gasteiger partial charge in [-0.3, -0.25) is 9.78 Å². The van der Waals surface area contributed by atoms with Gasteiger partial charge in [-0.15, -0.1) is 11.8 Å². The molecule has 1 aromatic carbocycles. The van der Waals surface area contributed by atoms with Gasteiger partial charge in [-0.2, -0.15) is 0 Å². The van der Waals surface area contributed by atoms with E-state index in [2.05, 4.69) is 18.0 Å². The number of carbonyl (C=O) groups is 1. The molecule has 0 aliphatic heterocycles. The molecule has 0 aliphatic rings. The standard InChI is InChI=1S/C15H15NOS/c1-11-5-4-8-16-15(11)10-18-14-7-3-6-13(9-14)12(2)17/h3-9H,10H2,1-2H3. The van der Waals surface area contributed by atoms with Crippen LogP contribution in [0.3, 0.4) is 0 Å². The Hall–Kier alpha value is -1.61. The molecule has 0 amide bonds. The second-order valence-corrected chi connectivity index (χ2v) is 5.19. The lowest BCUT2D eigenvalue weighted by atomic mass is 10.2. The van der Waals surface area contributed by atoms with Gasteiger partial charge in [-0.25, -0.2) is 0 Å². The lowest BCUT2D eigenvalue weighted by Crippen LogP contribution is -1.93. The molecule has 3 heteroatoms. The minimum atomic E-state index is 0.103. The van der Waals surface area contributed by atoms with Gasteiger partial charge in [0.2, 0.25) is 0 Å². The normalized spacial score (nSPS) is 10.3. The first-order valence-electron chi connectivity index (χ1n) is 5.81. The molecule has 0 N–H and O–H groups in total. The molecule has 2 aromatic rings. The number of nitrogens with zero attached hydrogens (tertiary/aromatic N) is 1. The third-order valence-corrected chi connectivity index (χ3v) is 3.74. The molecule has 2 nitrogen and oxygen atoms in total. The Balaban J connectivity index is 2.09. The van der Waals surface area contributed by atoms with E-state index >= 15 is 0 Å². The van der Waals surface area contributed by atoms with Crippen LogP contribution < -0.4 is 0 Å². The number of aromatic nitrogens is 1. The number of hydrogen-bond acceptors (Lipinski definition) is 3. The number of rotatable bonds is 4. The minimum absolute atomic E-state index is 0.103. The predicted octanol–water partition coefficient (Wildman–Crippen LogP) is 3.88. The highest BCUT2D eigenvalue weighted by atomic mass is 32.2. The molecule has 1 aromatic heterocycles. The van der Waals surface area contributed by atoms with E-state index in [1.54, 1.807) is 18.7 Å². The van der Waals surface area contributed by atoms with Crippen molar-refractivity contribution in [3.05, 3.63) is 59.4 Å². The maximum Gasteiger partial charge on any atom is 0.159 e. The molecule has 2 rings (SSSR count). The van der Waals surface area contributed by atoms with Crippen LogP contribution in [-0.4, -0.2) is 10.8 Å². The van der Waals surface area contributed by atoms with Crippen LogP contribution in [0, 0.1) is 6.92 Å². The van der Waals surface area contributed by atoms with E-state index in [1.165, 1.54) is 5.56 Å². The van der Waals surface area contributed by atoms with E-state index in [1.807, 2.05) is 36.5 Å². The molecule has 18 heavy (non-hydrogen) atoms. The van der Waals surface area contributed by atoms with Crippen molar-refractivity contribution in [1.82, 2.24) is 4.98 Å². The van der Waals surface area contributed by atoms with Crippen molar-refractivity contribution in [3.63, 3.8) is 0 Å².